The molecule has 6 heteroatoms. The number of hydrogen-bond acceptors (Lipinski definition) is 4. The van der Waals surface area contributed by atoms with Gasteiger partial charge in [-0.05, 0) is 159 Å². The van der Waals surface area contributed by atoms with E-state index in [4.69, 9.17) is 0 Å². The van der Waals surface area contributed by atoms with E-state index in [2.05, 4.69) is 251 Å². The fraction of sp³-hybridized carbons (Fsp3) is 0.0889. The molecule has 0 amide bonds. The fourth-order valence-corrected chi connectivity index (χ4v) is 21.9. The second-order valence-corrected chi connectivity index (χ2v) is 28.5. The number of hydrogen-bond donors (Lipinski definition) is 0. The number of nitrogens with zero attached hydrogens (tertiary/aromatic N) is 4. The van der Waals surface area contributed by atoms with Crippen molar-refractivity contribution in [3.63, 3.8) is 0 Å². The monoisotopic (exact) mass is 1210 g/mol. The van der Waals surface area contributed by atoms with Crippen LogP contribution in [0.1, 0.15) is 202 Å². The summed E-state index contributed by atoms with van der Waals surface area (Å²) >= 11 is 0. The summed E-state index contributed by atoms with van der Waals surface area (Å²) in [6, 6.07) is 89.6. The number of carbonyl (C=O) groups excluding carboxylic acids is 2. The minimum Gasteiger partial charge on any atom is -0.308 e. The van der Waals surface area contributed by atoms with Crippen molar-refractivity contribution < 1.29 is 9.59 Å². The summed E-state index contributed by atoms with van der Waals surface area (Å²) in [5.41, 5.74) is 33.8. The number of nitriles is 2. The lowest BCUT2D eigenvalue weighted by atomic mass is 9.59. The van der Waals surface area contributed by atoms with Gasteiger partial charge in [0.15, 0.2) is 11.6 Å². The van der Waals surface area contributed by atoms with Crippen LogP contribution in [0.3, 0.4) is 0 Å². The van der Waals surface area contributed by atoms with Crippen molar-refractivity contribution >= 4 is 87.8 Å². The van der Waals surface area contributed by atoms with Crippen molar-refractivity contribution in [3.05, 3.63) is 375 Å². The molecule has 0 saturated carbocycles. The maximum atomic E-state index is 16.3. The van der Waals surface area contributed by atoms with Crippen LogP contribution in [0.2, 0.25) is 0 Å². The van der Waals surface area contributed by atoms with Gasteiger partial charge in [0.2, 0.25) is 0 Å². The number of carbonyl (C=O) groups is 2. The standard InChI is InChI=1S/C90H46N4O2/c91-39-41-33-67-82(84-70(41)74-49-23-7-11-27-53(49)76(84)54-28-12-8-24-50(54)74)86-80-64-36-60-62(90(96)78-57-31-15-3-19-45(57)72(60)46-20-4-16-32-58(46)78)38-66(64)94-68-34-42(40-92)69-73-47-21-5-9-25-51(47)75(52-26-10-6-22-48(52)73)83(69)81(68)85(88(80)94)79-63-35-59-61(37-65(63)93(67)87(79)86)89(95)77-55-29-13-1-17-43(55)71(59)44-18-2-14-30-56(44)77/h1-38,71-78H. The fourth-order valence-electron chi connectivity index (χ4n) is 21.9. The highest BCUT2D eigenvalue weighted by Gasteiger charge is 2.50. The lowest BCUT2D eigenvalue weighted by Gasteiger charge is -2.43. The van der Waals surface area contributed by atoms with Crippen LogP contribution in [0, 0.1) is 22.7 Å². The van der Waals surface area contributed by atoms with E-state index < -0.39 is 11.8 Å². The first-order chi connectivity index (χ1) is 47.5. The Labute approximate surface area is 548 Å². The maximum Gasteiger partial charge on any atom is 0.175 e. The third kappa shape index (κ3) is 5.22. The lowest BCUT2D eigenvalue weighted by molar-refractivity contribution is 0.0966. The Hall–Kier alpha value is -12.2. The molecule has 0 spiro atoms. The first-order valence-electron chi connectivity index (χ1n) is 33.7. The molecule has 0 aliphatic heterocycles. The quantitative estimate of drug-likeness (QED) is 0.151. The molecular weight excluding hydrogens is 1170 g/mol. The van der Waals surface area contributed by atoms with E-state index in [9.17, 15) is 10.5 Å². The molecule has 0 radical (unpaired) electrons. The van der Waals surface area contributed by atoms with Crippen molar-refractivity contribution in [2.75, 3.05) is 0 Å². The molecule has 12 aliphatic carbocycles. The molecule has 96 heavy (non-hydrogen) atoms. The molecule has 29 rings (SSSR count). The van der Waals surface area contributed by atoms with Gasteiger partial charge in [-0.1, -0.05) is 194 Å². The number of fused-ring (bicyclic) bond motifs is 14. The number of ketones is 2. The van der Waals surface area contributed by atoms with Crippen molar-refractivity contribution in [3.8, 4) is 12.1 Å². The zero-order valence-electron chi connectivity index (χ0n) is 51.2. The Balaban J connectivity index is 0.951. The van der Waals surface area contributed by atoms with Crippen molar-refractivity contribution in [2.24, 2.45) is 0 Å². The zero-order chi connectivity index (χ0) is 62.3. The molecular formula is C90H46N4O2. The zero-order valence-corrected chi connectivity index (χ0v) is 51.2. The minimum atomic E-state index is -0.484. The Kier molecular flexibility index (Phi) is 8.44. The average molecular weight is 1220 g/mol. The molecule has 0 saturated heterocycles. The molecule has 0 fully saturated rings. The summed E-state index contributed by atoms with van der Waals surface area (Å²) in [5, 5.41) is 32.7. The minimum absolute atomic E-state index is 0.0912. The van der Waals surface area contributed by atoms with Crippen molar-refractivity contribution in [1.82, 2.24) is 8.80 Å². The first kappa shape index (κ1) is 49.4. The molecule has 0 unspecified atom stereocenters. The summed E-state index contributed by atoms with van der Waals surface area (Å²) in [7, 11) is 0. The summed E-state index contributed by atoms with van der Waals surface area (Å²) in [5.74, 6) is -2.02. The second kappa shape index (κ2) is 16.4. The topological polar surface area (TPSA) is 90.5 Å². The Morgan fingerprint density at radius 1 is 0.250 bits per heavy atom. The van der Waals surface area contributed by atoms with Crippen LogP contribution in [-0.2, 0) is 0 Å². The highest BCUT2D eigenvalue weighted by atomic mass is 16.1. The van der Waals surface area contributed by atoms with Gasteiger partial charge in [-0.25, -0.2) is 0 Å². The van der Waals surface area contributed by atoms with Gasteiger partial charge in [0.25, 0.3) is 0 Å². The predicted molar refractivity (Wildman–Crippen MR) is 375 cm³/mol. The van der Waals surface area contributed by atoms with Gasteiger partial charge in [0.05, 0.1) is 68.2 Å². The normalized spacial score (nSPS) is 20.9. The van der Waals surface area contributed by atoms with Crippen LogP contribution < -0.4 is 0 Å². The molecule has 0 atom stereocenters. The molecule has 8 bridgehead atoms. The van der Waals surface area contributed by atoms with E-state index >= 15 is 9.59 Å². The van der Waals surface area contributed by atoms with E-state index in [0.717, 1.165) is 165 Å². The summed E-state index contributed by atoms with van der Waals surface area (Å²) in [6.45, 7) is 0. The molecule has 13 aromatic carbocycles. The van der Waals surface area contributed by atoms with E-state index in [1.54, 1.807) is 0 Å². The SMILES string of the molecule is N#Cc1cc2c(c3c1C1c4ccccc4C3c3ccccc31)c1c3c4cc5c(cc4n4c6cc(C#N)c7c(c6c(c6c8cc9c(cc8n2c61)C(=O)C1c2ccccc2C9c2ccccc21)c34)C1c2ccccc2C7c2ccccc21)C(=O)C1c2ccccc2C5c2ccccc21. The van der Waals surface area contributed by atoms with Crippen LogP contribution in [-0.4, -0.2) is 20.4 Å². The smallest absolute Gasteiger partial charge is 0.175 e. The van der Waals surface area contributed by atoms with Gasteiger partial charge in [-0.15, -0.1) is 0 Å². The molecule has 438 valence electrons. The van der Waals surface area contributed by atoms with Gasteiger partial charge >= 0.3 is 0 Å². The molecule has 6 nitrogen and oxygen atoms in total. The highest BCUT2D eigenvalue weighted by molar-refractivity contribution is 6.46. The summed E-state index contributed by atoms with van der Waals surface area (Å²) in [6.07, 6.45) is 0. The number of benzene rings is 13. The maximum absolute atomic E-state index is 16.3. The Morgan fingerprint density at radius 2 is 0.500 bits per heavy atom. The first-order valence-corrected chi connectivity index (χ1v) is 33.7. The molecule has 4 aromatic heterocycles. The number of Topliss-reactive ketones (excluding diaryl/α,β-unsaturated/α-hetero) is 2. The average Bonchev–Trinajstić information content (AvgIpc) is 1.44. The largest absolute Gasteiger partial charge is 0.308 e. The predicted octanol–water partition coefficient (Wildman–Crippen LogP) is 19.3. The summed E-state index contributed by atoms with van der Waals surface area (Å²) in [4.78, 5) is 32.6. The number of aromatic nitrogens is 2. The van der Waals surface area contributed by atoms with E-state index in [-0.39, 0.29) is 47.1 Å². The molecule has 12 aliphatic rings. The van der Waals surface area contributed by atoms with Gasteiger partial charge in [-0.2, -0.15) is 10.5 Å². The third-order valence-corrected chi connectivity index (χ3v) is 25.0. The second-order valence-electron chi connectivity index (χ2n) is 28.5. The van der Waals surface area contributed by atoms with Gasteiger partial charge in [0, 0.05) is 89.7 Å². The highest BCUT2D eigenvalue weighted by Crippen LogP contribution is 2.66. The summed E-state index contributed by atoms with van der Waals surface area (Å²) < 4.78 is 4.98. The van der Waals surface area contributed by atoms with E-state index in [0.29, 0.717) is 11.1 Å². The van der Waals surface area contributed by atoms with Crippen LogP contribution >= 0.6 is 0 Å². The van der Waals surface area contributed by atoms with Crippen LogP contribution in [0.5, 0.6) is 0 Å². The molecule has 0 N–H and O–H groups in total. The Morgan fingerprint density at radius 3 is 0.771 bits per heavy atom. The van der Waals surface area contributed by atoms with Gasteiger partial charge in [0.1, 0.15) is 0 Å². The Bertz CT molecular complexity index is 6250. The van der Waals surface area contributed by atoms with Gasteiger partial charge < -0.3 is 8.80 Å². The van der Waals surface area contributed by atoms with Crippen molar-refractivity contribution in [2.45, 2.75) is 47.3 Å². The van der Waals surface area contributed by atoms with Crippen LogP contribution in [0.4, 0.5) is 0 Å². The molecule has 4 heterocycles. The van der Waals surface area contributed by atoms with Crippen molar-refractivity contribution in [1.29, 1.82) is 10.5 Å². The number of rotatable bonds is 0. The van der Waals surface area contributed by atoms with Crippen LogP contribution in [0.25, 0.3) is 76.2 Å². The van der Waals surface area contributed by atoms with E-state index in [1.807, 2.05) is 0 Å². The third-order valence-electron chi connectivity index (χ3n) is 25.0. The lowest BCUT2D eigenvalue weighted by Crippen LogP contribution is -2.28. The van der Waals surface area contributed by atoms with Crippen LogP contribution in [0.15, 0.2) is 231 Å². The van der Waals surface area contributed by atoms with E-state index in [1.165, 1.54) is 44.5 Å². The van der Waals surface area contributed by atoms with Gasteiger partial charge in [-0.3, -0.25) is 9.59 Å². The molecule has 17 aromatic rings.